The molecule has 21 heavy (non-hydrogen) atoms. The van der Waals surface area contributed by atoms with Crippen LogP contribution in [0.1, 0.15) is 5.56 Å². The molecule has 0 unspecified atom stereocenters. The molecule has 0 aliphatic carbocycles. The lowest BCUT2D eigenvalue weighted by Gasteiger charge is -2.08. The maximum atomic E-state index is 13.3. The topological polar surface area (TPSA) is 69.6 Å². The zero-order valence-electron chi connectivity index (χ0n) is 11.1. The molecule has 0 aliphatic rings. The van der Waals surface area contributed by atoms with Crippen molar-refractivity contribution in [2.24, 2.45) is 0 Å². The first-order valence-corrected chi connectivity index (χ1v) is 6.54. The fraction of sp³-hybridized carbons (Fsp3) is 0.0714. The van der Waals surface area contributed by atoms with E-state index in [4.69, 9.17) is 17.3 Å². The van der Waals surface area contributed by atoms with E-state index >= 15 is 0 Å². The zero-order valence-corrected chi connectivity index (χ0v) is 11.8. The third kappa shape index (κ3) is 2.45. The van der Waals surface area contributed by atoms with Gasteiger partial charge in [-0.15, -0.1) is 5.10 Å². The Balaban J connectivity index is 2.14. The molecular weight excluding hydrogens is 293 g/mol. The predicted molar refractivity (Wildman–Crippen MR) is 78.7 cm³/mol. The van der Waals surface area contributed by atoms with Crippen LogP contribution in [0.5, 0.6) is 0 Å². The van der Waals surface area contributed by atoms with Gasteiger partial charge in [-0.25, -0.2) is 4.39 Å². The molecule has 0 aliphatic heterocycles. The molecule has 2 aromatic carbocycles. The third-order valence-electron chi connectivity index (χ3n) is 3.11. The molecule has 0 fully saturated rings. The summed E-state index contributed by atoms with van der Waals surface area (Å²) < 4.78 is 14.8. The third-order valence-corrected chi connectivity index (χ3v) is 3.35. The summed E-state index contributed by atoms with van der Waals surface area (Å²) in [7, 11) is 0. The number of hydrogen-bond acceptors (Lipinski definition) is 4. The summed E-state index contributed by atoms with van der Waals surface area (Å²) in [6, 6.07) is 9.78. The summed E-state index contributed by atoms with van der Waals surface area (Å²) in [5.41, 5.74) is 7.99. The van der Waals surface area contributed by atoms with Crippen molar-refractivity contribution in [1.29, 1.82) is 0 Å². The maximum Gasteiger partial charge on any atom is 0.187 e. The number of anilines is 1. The first-order chi connectivity index (χ1) is 10.1. The van der Waals surface area contributed by atoms with Crippen LogP contribution in [0.25, 0.3) is 17.1 Å². The summed E-state index contributed by atoms with van der Waals surface area (Å²) in [5, 5.41) is 12.3. The highest BCUT2D eigenvalue weighted by Crippen LogP contribution is 2.25. The molecule has 3 aromatic rings. The molecule has 0 saturated carbocycles. The molecule has 1 aromatic heterocycles. The Morgan fingerprint density at radius 3 is 2.71 bits per heavy atom. The number of aromatic nitrogens is 4. The van der Waals surface area contributed by atoms with E-state index in [-0.39, 0.29) is 5.69 Å². The molecule has 106 valence electrons. The zero-order chi connectivity index (χ0) is 15.0. The van der Waals surface area contributed by atoms with Crippen LogP contribution < -0.4 is 5.73 Å². The van der Waals surface area contributed by atoms with Crippen LogP contribution in [0.4, 0.5) is 10.1 Å². The summed E-state index contributed by atoms with van der Waals surface area (Å²) >= 11 is 5.95. The first-order valence-electron chi connectivity index (χ1n) is 6.16. The fourth-order valence-corrected chi connectivity index (χ4v) is 2.30. The van der Waals surface area contributed by atoms with E-state index in [1.165, 1.54) is 12.1 Å². The lowest BCUT2D eigenvalue weighted by molar-refractivity contribution is 0.632. The minimum atomic E-state index is -0.472. The van der Waals surface area contributed by atoms with Crippen LogP contribution in [0, 0.1) is 12.7 Å². The summed E-state index contributed by atoms with van der Waals surface area (Å²) in [6.45, 7) is 1.91. The van der Waals surface area contributed by atoms with Crippen molar-refractivity contribution in [3.8, 4) is 17.1 Å². The molecule has 7 heteroatoms. The standard InChI is InChI=1S/C14H11ClFN5/c1-8-6-10(15)3-5-13(8)21-14(18-19-20-21)9-2-4-11(16)12(17)7-9/h2-7H,17H2,1H3. The second-order valence-corrected chi connectivity index (χ2v) is 5.02. The molecule has 0 atom stereocenters. The number of nitrogens with zero attached hydrogens (tertiary/aromatic N) is 4. The van der Waals surface area contributed by atoms with Crippen LogP contribution in [-0.2, 0) is 0 Å². The van der Waals surface area contributed by atoms with E-state index in [9.17, 15) is 4.39 Å². The van der Waals surface area contributed by atoms with E-state index in [0.717, 1.165) is 11.3 Å². The molecule has 0 amide bonds. The van der Waals surface area contributed by atoms with Crippen molar-refractivity contribution in [2.75, 3.05) is 5.73 Å². The molecule has 3 rings (SSSR count). The molecule has 5 nitrogen and oxygen atoms in total. The van der Waals surface area contributed by atoms with Crippen molar-refractivity contribution in [2.45, 2.75) is 6.92 Å². The Labute approximate surface area is 125 Å². The van der Waals surface area contributed by atoms with E-state index in [2.05, 4.69) is 15.5 Å². The Kier molecular flexibility index (Phi) is 3.31. The van der Waals surface area contributed by atoms with Crippen LogP contribution in [-0.4, -0.2) is 20.2 Å². The summed E-state index contributed by atoms with van der Waals surface area (Å²) in [4.78, 5) is 0. The fourth-order valence-electron chi connectivity index (χ4n) is 2.07. The highest BCUT2D eigenvalue weighted by Gasteiger charge is 2.14. The normalized spacial score (nSPS) is 10.8. The smallest absolute Gasteiger partial charge is 0.187 e. The number of benzene rings is 2. The molecule has 0 spiro atoms. The van der Waals surface area contributed by atoms with Gasteiger partial charge < -0.3 is 5.73 Å². The van der Waals surface area contributed by atoms with Gasteiger partial charge in [-0.05, 0) is 59.3 Å². The summed E-state index contributed by atoms with van der Waals surface area (Å²) in [6.07, 6.45) is 0. The highest BCUT2D eigenvalue weighted by molar-refractivity contribution is 6.30. The van der Waals surface area contributed by atoms with Gasteiger partial charge in [0.05, 0.1) is 11.4 Å². The highest BCUT2D eigenvalue weighted by atomic mass is 35.5. The average molecular weight is 304 g/mol. The first kappa shape index (κ1) is 13.5. The number of aryl methyl sites for hydroxylation is 1. The van der Waals surface area contributed by atoms with Gasteiger partial charge in [-0.2, -0.15) is 4.68 Å². The van der Waals surface area contributed by atoms with Crippen molar-refractivity contribution in [1.82, 2.24) is 20.2 Å². The second-order valence-electron chi connectivity index (χ2n) is 4.58. The lowest BCUT2D eigenvalue weighted by Crippen LogP contribution is -2.02. The largest absolute Gasteiger partial charge is 0.396 e. The Hall–Kier alpha value is -2.47. The Morgan fingerprint density at radius 1 is 1.19 bits per heavy atom. The van der Waals surface area contributed by atoms with Crippen LogP contribution in [0.3, 0.4) is 0 Å². The van der Waals surface area contributed by atoms with Gasteiger partial charge in [0.15, 0.2) is 5.82 Å². The van der Waals surface area contributed by atoms with Gasteiger partial charge in [0, 0.05) is 10.6 Å². The maximum absolute atomic E-state index is 13.3. The van der Waals surface area contributed by atoms with E-state index < -0.39 is 5.82 Å². The van der Waals surface area contributed by atoms with E-state index in [1.54, 1.807) is 16.8 Å². The van der Waals surface area contributed by atoms with Crippen LogP contribution in [0.2, 0.25) is 5.02 Å². The molecular formula is C14H11ClFN5. The van der Waals surface area contributed by atoms with Crippen LogP contribution >= 0.6 is 11.6 Å². The van der Waals surface area contributed by atoms with Crippen molar-refractivity contribution in [3.05, 3.63) is 52.8 Å². The summed E-state index contributed by atoms with van der Waals surface area (Å²) in [5.74, 6) is 0.00701. The van der Waals surface area contributed by atoms with Crippen molar-refractivity contribution in [3.63, 3.8) is 0 Å². The Bertz CT molecular complexity index is 815. The average Bonchev–Trinajstić information content (AvgIpc) is 2.91. The number of halogens is 2. The van der Waals surface area contributed by atoms with Gasteiger partial charge in [0.1, 0.15) is 5.82 Å². The monoisotopic (exact) mass is 303 g/mol. The minimum Gasteiger partial charge on any atom is -0.396 e. The van der Waals surface area contributed by atoms with Gasteiger partial charge in [0.25, 0.3) is 0 Å². The van der Waals surface area contributed by atoms with Gasteiger partial charge in [-0.3, -0.25) is 0 Å². The van der Waals surface area contributed by atoms with Crippen molar-refractivity contribution < 1.29 is 4.39 Å². The van der Waals surface area contributed by atoms with Crippen molar-refractivity contribution >= 4 is 17.3 Å². The number of nitrogens with two attached hydrogens (primary N) is 1. The molecule has 2 N–H and O–H groups in total. The second kappa shape index (κ2) is 5.14. The van der Waals surface area contributed by atoms with E-state index in [1.807, 2.05) is 19.1 Å². The molecule has 0 radical (unpaired) electrons. The molecule has 1 heterocycles. The number of rotatable bonds is 2. The SMILES string of the molecule is Cc1cc(Cl)ccc1-n1nnnc1-c1ccc(F)c(N)c1. The number of nitrogen functional groups attached to an aromatic ring is 1. The molecule has 0 saturated heterocycles. The minimum absolute atomic E-state index is 0.0508. The van der Waals surface area contributed by atoms with Gasteiger partial charge in [-0.1, -0.05) is 11.6 Å². The Morgan fingerprint density at radius 2 is 2.00 bits per heavy atom. The number of tetrazole rings is 1. The quantitative estimate of drug-likeness (QED) is 0.739. The van der Waals surface area contributed by atoms with Gasteiger partial charge in [0.2, 0.25) is 0 Å². The lowest BCUT2D eigenvalue weighted by atomic mass is 10.1. The molecule has 0 bridgehead atoms. The van der Waals surface area contributed by atoms with Gasteiger partial charge >= 0.3 is 0 Å². The predicted octanol–water partition coefficient (Wildman–Crippen LogP) is 3.01. The number of hydrogen-bond donors (Lipinski definition) is 1. The van der Waals surface area contributed by atoms with Crippen LogP contribution in [0.15, 0.2) is 36.4 Å². The van der Waals surface area contributed by atoms with E-state index in [0.29, 0.717) is 16.4 Å².